The van der Waals surface area contributed by atoms with E-state index in [0.717, 1.165) is 15.8 Å². The molecule has 0 aliphatic rings. The Morgan fingerprint density at radius 3 is 2.37 bits per heavy atom. The number of thiophene rings is 1. The first-order chi connectivity index (χ1) is 8.81. The van der Waals surface area contributed by atoms with Gasteiger partial charge in [-0.25, -0.2) is 8.42 Å². The first-order valence-corrected chi connectivity index (χ1v) is 9.56. The highest BCUT2D eigenvalue weighted by molar-refractivity contribution is 9.11. The van der Waals surface area contributed by atoms with Gasteiger partial charge in [0.1, 0.15) is 0 Å². The maximum Gasteiger partial charge on any atom is 0.272 e. The molecular formula is C10H7Br3N2O2S2. The number of halogens is 3. The Labute approximate surface area is 139 Å². The molecule has 0 bridgehead atoms. The maximum absolute atomic E-state index is 12.3. The number of benzene rings is 1. The van der Waals surface area contributed by atoms with Crippen LogP contribution in [-0.4, -0.2) is 8.42 Å². The predicted molar refractivity (Wildman–Crippen MR) is 89.1 cm³/mol. The van der Waals surface area contributed by atoms with E-state index in [-0.39, 0.29) is 4.21 Å². The summed E-state index contributed by atoms with van der Waals surface area (Å²) in [6.07, 6.45) is 0. The Balaban J connectivity index is 2.45. The molecule has 2 aromatic rings. The van der Waals surface area contributed by atoms with Gasteiger partial charge in [-0.15, -0.1) is 11.3 Å². The first-order valence-electron chi connectivity index (χ1n) is 4.81. The first kappa shape index (κ1) is 15.3. The fraction of sp³-hybridized carbons (Fsp3) is 0. The topological polar surface area (TPSA) is 72.2 Å². The van der Waals surface area contributed by atoms with Gasteiger partial charge in [0.05, 0.1) is 11.4 Å². The van der Waals surface area contributed by atoms with Gasteiger partial charge in [0.15, 0.2) is 4.21 Å². The molecule has 0 amide bonds. The summed E-state index contributed by atoms with van der Waals surface area (Å²) in [5.74, 6) is 0. The normalized spacial score (nSPS) is 11.5. The van der Waals surface area contributed by atoms with Gasteiger partial charge in [-0.05, 0) is 55.4 Å². The van der Waals surface area contributed by atoms with E-state index in [4.69, 9.17) is 5.73 Å². The highest BCUT2D eigenvalue weighted by atomic mass is 79.9. The van der Waals surface area contributed by atoms with Gasteiger partial charge in [-0.1, -0.05) is 15.9 Å². The van der Waals surface area contributed by atoms with Crippen LogP contribution in [0.25, 0.3) is 0 Å². The third kappa shape index (κ3) is 3.33. The molecule has 0 fully saturated rings. The number of nitrogens with two attached hydrogens (primary N) is 1. The zero-order chi connectivity index (χ0) is 14.2. The van der Waals surface area contributed by atoms with Crippen molar-refractivity contribution in [2.75, 3.05) is 10.5 Å². The molecule has 1 aromatic carbocycles. The van der Waals surface area contributed by atoms with E-state index in [2.05, 4.69) is 52.5 Å². The fourth-order valence-corrected chi connectivity index (χ4v) is 6.29. The van der Waals surface area contributed by atoms with Crippen LogP contribution in [0.5, 0.6) is 0 Å². The highest BCUT2D eigenvalue weighted by Gasteiger charge is 2.21. The lowest BCUT2D eigenvalue weighted by Crippen LogP contribution is -2.13. The van der Waals surface area contributed by atoms with Crippen molar-refractivity contribution in [3.63, 3.8) is 0 Å². The Bertz CT molecular complexity index is 705. The molecule has 102 valence electrons. The van der Waals surface area contributed by atoms with Crippen LogP contribution in [-0.2, 0) is 10.0 Å². The molecule has 1 aromatic heterocycles. The second-order valence-corrected chi connectivity index (χ2v) is 8.93. The number of nitrogen functional groups attached to an aromatic ring is 1. The molecule has 0 aliphatic heterocycles. The average molecular weight is 491 g/mol. The molecule has 0 spiro atoms. The molecule has 0 unspecified atom stereocenters. The standard InChI is InChI=1S/C10H7Br3N2O2S2/c11-5-3-7(13)9(8(14)4-5)15-19(16,17)10-6(12)1-2-18-10/h1-4,15H,14H2. The molecule has 0 atom stereocenters. The lowest BCUT2D eigenvalue weighted by atomic mass is 10.3. The zero-order valence-corrected chi connectivity index (χ0v) is 15.5. The van der Waals surface area contributed by atoms with Crippen molar-refractivity contribution < 1.29 is 8.42 Å². The summed E-state index contributed by atoms with van der Waals surface area (Å²) in [7, 11) is -3.66. The van der Waals surface area contributed by atoms with Crippen LogP contribution in [0.2, 0.25) is 0 Å². The van der Waals surface area contributed by atoms with Gasteiger partial charge >= 0.3 is 0 Å². The van der Waals surface area contributed by atoms with Crippen LogP contribution in [0.1, 0.15) is 0 Å². The van der Waals surface area contributed by atoms with Crippen LogP contribution < -0.4 is 10.5 Å². The van der Waals surface area contributed by atoms with Crippen LogP contribution in [0.3, 0.4) is 0 Å². The summed E-state index contributed by atoms with van der Waals surface area (Å²) in [6.45, 7) is 0. The average Bonchev–Trinajstić information content (AvgIpc) is 2.70. The molecule has 0 aliphatic carbocycles. The molecule has 0 saturated carbocycles. The molecule has 0 radical (unpaired) electrons. The zero-order valence-electron chi connectivity index (χ0n) is 9.15. The lowest BCUT2D eigenvalue weighted by molar-refractivity contribution is 0.603. The predicted octanol–water partition coefficient (Wildman–Crippen LogP) is 4.42. The van der Waals surface area contributed by atoms with E-state index in [1.165, 1.54) is 0 Å². The van der Waals surface area contributed by atoms with Crippen molar-refractivity contribution >= 4 is 80.5 Å². The molecule has 4 nitrogen and oxygen atoms in total. The second-order valence-electron chi connectivity index (χ2n) is 3.51. The monoisotopic (exact) mass is 488 g/mol. The summed E-state index contributed by atoms with van der Waals surface area (Å²) in [6, 6.07) is 5.03. The van der Waals surface area contributed by atoms with Crippen LogP contribution in [0.15, 0.2) is 41.2 Å². The number of nitrogens with one attached hydrogen (secondary N) is 1. The number of hydrogen-bond donors (Lipinski definition) is 2. The van der Waals surface area contributed by atoms with Crippen LogP contribution >= 0.6 is 59.1 Å². The summed E-state index contributed by atoms with van der Waals surface area (Å²) >= 11 is 10.9. The van der Waals surface area contributed by atoms with Crippen LogP contribution in [0, 0.1) is 0 Å². The van der Waals surface area contributed by atoms with E-state index in [0.29, 0.717) is 20.3 Å². The van der Waals surface area contributed by atoms with Crippen molar-refractivity contribution in [3.05, 3.63) is 37.0 Å². The molecule has 19 heavy (non-hydrogen) atoms. The minimum absolute atomic E-state index is 0.210. The maximum atomic E-state index is 12.3. The quantitative estimate of drug-likeness (QED) is 0.626. The molecular weight excluding hydrogens is 484 g/mol. The second kappa shape index (κ2) is 5.72. The van der Waals surface area contributed by atoms with Gasteiger partial charge in [0.25, 0.3) is 10.0 Å². The molecule has 3 N–H and O–H groups in total. The van der Waals surface area contributed by atoms with E-state index in [1.54, 1.807) is 23.6 Å². The summed E-state index contributed by atoms with van der Waals surface area (Å²) in [4.78, 5) is 0. The molecule has 1 heterocycles. The minimum atomic E-state index is -3.66. The van der Waals surface area contributed by atoms with Gasteiger partial charge in [-0.2, -0.15) is 0 Å². The summed E-state index contributed by atoms with van der Waals surface area (Å²) < 4.78 is 29.1. The number of hydrogen-bond acceptors (Lipinski definition) is 4. The largest absolute Gasteiger partial charge is 0.397 e. The number of sulfonamides is 1. The molecule has 2 rings (SSSR count). The SMILES string of the molecule is Nc1cc(Br)cc(Br)c1NS(=O)(=O)c1sccc1Br. The Kier molecular flexibility index (Phi) is 4.61. The Hall–Kier alpha value is -0.0900. The van der Waals surface area contributed by atoms with E-state index in [1.807, 2.05) is 0 Å². The lowest BCUT2D eigenvalue weighted by Gasteiger charge is -2.12. The Morgan fingerprint density at radius 1 is 1.16 bits per heavy atom. The van der Waals surface area contributed by atoms with Gasteiger partial charge in [-0.3, -0.25) is 4.72 Å². The third-order valence-electron chi connectivity index (χ3n) is 2.15. The summed E-state index contributed by atoms with van der Waals surface area (Å²) in [5, 5.41) is 1.69. The van der Waals surface area contributed by atoms with Crippen molar-refractivity contribution in [2.45, 2.75) is 4.21 Å². The van der Waals surface area contributed by atoms with E-state index in [9.17, 15) is 8.42 Å². The van der Waals surface area contributed by atoms with E-state index < -0.39 is 10.0 Å². The minimum Gasteiger partial charge on any atom is -0.397 e. The number of anilines is 2. The smallest absolute Gasteiger partial charge is 0.272 e. The van der Waals surface area contributed by atoms with Crippen molar-refractivity contribution in [1.29, 1.82) is 0 Å². The van der Waals surface area contributed by atoms with Crippen LogP contribution in [0.4, 0.5) is 11.4 Å². The van der Waals surface area contributed by atoms with Gasteiger partial charge in [0.2, 0.25) is 0 Å². The third-order valence-corrected chi connectivity index (χ3v) is 7.25. The van der Waals surface area contributed by atoms with Crippen molar-refractivity contribution in [3.8, 4) is 0 Å². The summed E-state index contributed by atoms with van der Waals surface area (Å²) in [5.41, 5.74) is 6.48. The van der Waals surface area contributed by atoms with E-state index >= 15 is 0 Å². The highest BCUT2D eigenvalue weighted by Crippen LogP contribution is 2.36. The molecule has 9 heteroatoms. The molecule has 0 saturated heterocycles. The Morgan fingerprint density at radius 2 is 1.84 bits per heavy atom. The number of rotatable bonds is 3. The van der Waals surface area contributed by atoms with Crippen molar-refractivity contribution in [1.82, 2.24) is 0 Å². The van der Waals surface area contributed by atoms with Gasteiger partial charge in [0, 0.05) is 13.4 Å². The van der Waals surface area contributed by atoms with Crippen molar-refractivity contribution in [2.24, 2.45) is 0 Å². The fourth-order valence-electron chi connectivity index (χ4n) is 1.35. The van der Waals surface area contributed by atoms with Gasteiger partial charge < -0.3 is 5.73 Å².